The standard InChI is InChI=1S/C12H9Cl2NO/c1-16-8-5-6-15-11(7-8)9-3-2-4-10(13)12(9)14/h2-7H,1H3. The maximum Gasteiger partial charge on any atom is 0.122 e. The highest BCUT2D eigenvalue weighted by Gasteiger charge is 2.08. The minimum absolute atomic E-state index is 0.505. The van der Waals surface area contributed by atoms with Crippen molar-refractivity contribution < 1.29 is 4.74 Å². The molecule has 0 unspecified atom stereocenters. The number of benzene rings is 1. The number of hydrogen-bond acceptors (Lipinski definition) is 2. The molecule has 0 radical (unpaired) electrons. The summed E-state index contributed by atoms with van der Waals surface area (Å²) in [5.74, 6) is 0.737. The fourth-order valence-corrected chi connectivity index (χ4v) is 1.78. The predicted molar refractivity (Wildman–Crippen MR) is 66.2 cm³/mol. The molecule has 0 aliphatic carbocycles. The topological polar surface area (TPSA) is 22.1 Å². The molecule has 0 saturated heterocycles. The zero-order chi connectivity index (χ0) is 11.5. The van der Waals surface area contributed by atoms with E-state index in [2.05, 4.69) is 4.98 Å². The highest BCUT2D eigenvalue weighted by Crippen LogP contribution is 2.33. The largest absolute Gasteiger partial charge is 0.497 e. The molecule has 0 aliphatic heterocycles. The highest BCUT2D eigenvalue weighted by atomic mass is 35.5. The van der Waals surface area contributed by atoms with E-state index in [0.29, 0.717) is 10.0 Å². The fraction of sp³-hybridized carbons (Fsp3) is 0.0833. The SMILES string of the molecule is COc1ccnc(-c2cccc(Cl)c2Cl)c1. The number of aromatic nitrogens is 1. The summed E-state index contributed by atoms with van der Waals surface area (Å²) in [4.78, 5) is 4.24. The van der Waals surface area contributed by atoms with Gasteiger partial charge in [0.15, 0.2) is 0 Å². The molecule has 0 bridgehead atoms. The molecule has 1 aromatic heterocycles. The first-order valence-corrected chi connectivity index (χ1v) is 5.42. The van der Waals surface area contributed by atoms with Gasteiger partial charge in [-0.3, -0.25) is 4.98 Å². The van der Waals surface area contributed by atoms with Gasteiger partial charge in [-0.25, -0.2) is 0 Å². The van der Waals surface area contributed by atoms with E-state index in [4.69, 9.17) is 27.9 Å². The van der Waals surface area contributed by atoms with Crippen LogP contribution in [0, 0.1) is 0 Å². The molecule has 82 valence electrons. The molecule has 2 rings (SSSR count). The van der Waals surface area contributed by atoms with E-state index in [1.807, 2.05) is 18.2 Å². The van der Waals surface area contributed by atoms with Crippen molar-refractivity contribution in [2.75, 3.05) is 7.11 Å². The normalized spacial score (nSPS) is 10.2. The first-order chi connectivity index (χ1) is 7.72. The van der Waals surface area contributed by atoms with E-state index in [1.54, 1.807) is 25.4 Å². The Hall–Kier alpha value is -1.25. The highest BCUT2D eigenvalue weighted by molar-refractivity contribution is 6.43. The lowest BCUT2D eigenvalue weighted by molar-refractivity contribution is 0.414. The Kier molecular flexibility index (Phi) is 3.32. The summed E-state index contributed by atoms with van der Waals surface area (Å²) in [5.41, 5.74) is 1.54. The summed E-state index contributed by atoms with van der Waals surface area (Å²) < 4.78 is 5.13. The van der Waals surface area contributed by atoms with Crippen LogP contribution in [0.25, 0.3) is 11.3 Å². The van der Waals surface area contributed by atoms with Gasteiger partial charge < -0.3 is 4.74 Å². The van der Waals surface area contributed by atoms with Crippen molar-refractivity contribution in [2.45, 2.75) is 0 Å². The summed E-state index contributed by atoms with van der Waals surface area (Å²) in [6.07, 6.45) is 1.67. The number of ether oxygens (including phenoxy) is 1. The van der Waals surface area contributed by atoms with E-state index in [9.17, 15) is 0 Å². The van der Waals surface area contributed by atoms with Gasteiger partial charge >= 0.3 is 0 Å². The maximum atomic E-state index is 6.11. The molecule has 1 heterocycles. The minimum atomic E-state index is 0.505. The molecule has 1 aromatic carbocycles. The van der Waals surface area contributed by atoms with Crippen LogP contribution in [0.1, 0.15) is 0 Å². The van der Waals surface area contributed by atoms with Crippen LogP contribution in [0.2, 0.25) is 10.0 Å². The Morgan fingerprint density at radius 3 is 2.75 bits per heavy atom. The van der Waals surface area contributed by atoms with Crippen LogP contribution in [0.3, 0.4) is 0 Å². The van der Waals surface area contributed by atoms with Gasteiger partial charge in [-0.1, -0.05) is 35.3 Å². The second-order valence-electron chi connectivity index (χ2n) is 3.18. The summed E-state index contributed by atoms with van der Waals surface area (Å²) in [7, 11) is 1.61. The van der Waals surface area contributed by atoms with Gasteiger partial charge in [-0.15, -0.1) is 0 Å². The summed E-state index contributed by atoms with van der Waals surface area (Å²) in [6.45, 7) is 0. The van der Waals surface area contributed by atoms with Crippen LogP contribution in [0.4, 0.5) is 0 Å². The molecule has 0 saturated carbocycles. The van der Waals surface area contributed by atoms with Gasteiger partial charge in [0, 0.05) is 17.8 Å². The van der Waals surface area contributed by atoms with Crippen LogP contribution < -0.4 is 4.74 Å². The number of pyridine rings is 1. The van der Waals surface area contributed by atoms with Crippen LogP contribution in [-0.2, 0) is 0 Å². The third kappa shape index (κ3) is 2.13. The average Bonchev–Trinajstić information content (AvgIpc) is 2.33. The second kappa shape index (κ2) is 4.73. The van der Waals surface area contributed by atoms with Crippen molar-refractivity contribution in [2.24, 2.45) is 0 Å². The first kappa shape index (κ1) is 11.2. The molecule has 0 spiro atoms. The van der Waals surface area contributed by atoms with Gasteiger partial charge in [0.25, 0.3) is 0 Å². The van der Waals surface area contributed by atoms with Crippen molar-refractivity contribution in [3.05, 3.63) is 46.6 Å². The van der Waals surface area contributed by atoms with Gasteiger partial charge in [-0.05, 0) is 12.1 Å². The Morgan fingerprint density at radius 2 is 2.00 bits per heavy atom. The lowest BCUT2D eigenvalue weighted by Gasteiger charge is -2.06. The van der Waals surface area contributed by atoms with E-state index in [0.717, 1.165) is 17.0 Å². The molecule has 0 N–H and O–H groups in total. The molecule has 4 heteroatoms. The van der Waals surface area contributed by atoms with Crippen molar-refractivity contribution in [1.29, 1.82) is 0 Å². The lowest BCUT2D eigenvalue weighted by atomic mass is 10.1. The van der Waals surface area contributed by atoms with Gasteiger partial charge in [0.05, 0.1) is 22.8 Å². The van der Waals surface area contributed by atoms with Crippen molar-refractivity contribution in [3.8, 4) is 17.0 Å². The molecule has 0 aliphatic rings. The van der Waals surface area contributed by atoms with Gasteiger partial charge in [0.1, 0.15) is 5.75 Å². The van der Waals surface area contributed by atoms with Crippen molar-refractivity contribution in [3.63, 3.8) is 0 Å². The molecule has 0 amide bonds. The monoisotopic (exact) mass is 253 g/mol. The summed E-state index contributed by atoms with van der Waals surface area (Å²) >= 11 is 12.1. The quantitative estimate of drug-likeness (QED) is 0.806. The molecular formula is C12H9Cl2NO. The Morgan fingerprint density at radius 1 is 1.19 bits per heavy atom. The van der Waals surface area contributed by atoms with Crippen LogP contribution in [-0.4, -0.2) is 12.1 Å². The van der Waals surface area contributed by atoms with Crippen LogP contribution >= 0.6 is 23.2 Å². The predicted octanol–water partition coefficient (Wildman–Crippen LogP) is 4.06. The number of methoxy groups -OCH3 is 1. The Labute approximate surface area is 104 Å². The van der Waals surface area contributed by atoms with Crippen molar-refractivity contribution in [1.82, 2.24) is 4.98 Å². The number of nitrogens with zero attached hydrogens (tertiary/aromatic N) is 1. The summed E-state index contributed by atoms with van der Waals surface area (Å²) in [5, 5.41) is 1.02. The number of rotatable bonds is 2. The number of halogens is 2. The van der Waals surface area contributed by atoms with Gasteiger partial charge in [0.2, 0.25) is 0 Å². The zero-order valence-electron chi connectivity index (χ0n) is 8.58. The van der Waals surface area contributed by atoms with E-state index >= 15 is 0 Å². The third-order valence-corrected chi connectivity index (χ3v) is 3.01. The Balaban J connectivity index is 2.54. The number of hydrogen-bond donors (Lipinski definition) is 0. The molecule has 2 nitrogen and oxygen atoms in total. The molecular weight excluding hydrogens is 245 g/mol. The average molecular weight is 254 g/mol. The smallest absolute Gasteiger partial charge is 0.122 e. The zero-order valence-corrected chi connectivity index (χ0v) is 10.1. The Bertz CT molecular complexity index is 514. The van der Waals surface area contributed by atoms with E-state index in [-0.39, 0.29) is 0 Å². The fourth-order valence-electron chi connectivity index (χ4n) is 1.39. The third-order valence-electron chi connectivity index (χ3n) is 2.19. The van der Waals surface area contributed by atoms with Crippen molar-refractivity contribution >= 4 is 23.2 Å². The molecule has 16 heavy (non-hydrogen) atoms. The maximum absolute atomic E-state index is 6.11. The van der Waals surface area contributed by atoms with E-state index in [1.165, 1.54) is 0 Å². The van der Waals surface area contributed by atoms with Crippen LogP contribution in [0.5, 0.6) is 5.75 Å². The van der Waals surface area contributed by atoms with E-state index < -0.39 is 0 Å². The lowest BCUT2D eigenvalue weighted by Crippen LogP contribution is -1.88. The summed E-state index contributed by atoms with van der Waals surface area (Å²) in [6, 6.07) is 9.05. The molecule has 2 aromatic rings. The van der Waals surface area contributed by atoms with Gasteiger partial charge in [-0.2, -0.15) is 0 Å². The minimum Gasteiger partial charge on any atom is -0.497 e. The van der Waals surface area contributed by atoms with Crippen LogP contribution in [0.15, 0.2) is 36.5 Å². The second-order valence-corrected chi connectivity index (χ2v) is 3.97. The first-order valence-electron chi connectivity index (χ1n) is 4.67. The molecule has 0 atom stereocenters. The molecule has 0 fully saturated rings.